The molecule has 112 valence electrons. The molecule has 1 aliphatic carbocycles. The fourth-order valence-corrected chi connectivity index (χ4v) is 3.37. The fraction of sp³-hybridized carbons (Fsp3) is 0.529. The lowest BCUT2D eigenvalue weighted by molar-refractivity contribution is -0.133. The predicted octanol–water partition coefficient (Wildman–Crippen LogP) is 3.01. The molecular weight excluding hydrogens is 266 g/mol. The van der Waals surface area contributed by atoms with Crippen molar-refractivity contribution in [2.24, 2.45) is 11.8 Å². The summed E-state index contributed by atoms with van der Waals surface area (Å²) in [6.45, 7) is 0.759. The van der Waals surface area contributed by atoms with Crippen molar-refractivity contribution in [1.82, 2.24) is 4.90 Å². The number of rotatable bonds is 3. The van der Waals surface area contributed by atoms with Crippen molar-refractivity contribution in [2.75, 3.05) is 13.2 Å². The third-order valence-electron chi connectivity index (χ3n) is 4.59. The van der Waals surface area contributed by atoms with Gasteiger partial charge in [-0.2, -0.15) is 0 Å². The minimum Gasteiger partial charge on any atom is -0.447 e. The normalized spacial score (nSPS) is 25.7. The summed E-state index contributed by atoms with van der Waals surface area (Å²) < 4.78 is 4.84. The molecule has 1 saturated carbocycles. The van der Waals surface area contributed by atoms with Crippen LogP contribution in [0, 0.1) is 11.8 Å². The Kier molecular flexibility index (Phi) is 4.23. The Morgan fingerprint density at radius 3 is 2.48 bits per heavy atom. The highest BCUT2D eigenvalue weighted by Crippen LogP contribution is 2.32. The lowest BCUT2D eigenvalue weighted by atomic mass is 9.79. The Morgan fingerprint density at radius 1 is 1.14 bits per heavy atom. The maximum atomic E-state index is 12.3. The number of benzene rings is 1. The largest absolute Gasteiger partial charge is 0.447 e. The Hall–Kier alpha value is -1.84. The summed E-state index contributed by atoms with van der Waals surface area (Å²) in [6, 6.07) is 10.5. The highest BCUT2D eigenvalue weighted by Gasteiger charge is 2.35. The Morgan fingerprint density at radius 2 is 1.86 bits per heavy atom. The van der Waals surface area contributed by atoms with E-state index in [0.29, 0.717) is 19.1 Å². The second-order valence-corrected chi connectivity index (χ2v) is 6.01. The van der Waals surface area contributed by atoms with Crippen molar-refractivity contribution >= 4 is 12.0 Å². The lowest BCUT2D eigenvalue weighted by Gasteiger charge is -2.29. The minimum absolute atomic E-state index is 0.00248. The van der Waals surface area contributed by atoms with Crippen LogP contribution in [0.15, 0.2) is 30.3 Å². The SMILES string of the molecule is O=C1OCCN1C(=O)C1CCC(Cc2ccccc2)CC1. The summed E-state index contributed by atoms with van der Waals surface area (Å²) in [5.41, 5.74) is 1.37. The predicted molar refractivity (Wildman–Crippen MR) is 78.7 cm³/mol. The van der Waals surface area contributed by atoms with Crippen LogP contribution in [0.3, 0.4) is 0 Å². The molecule has 3 rings (SSSR count). The van der Waals surface area contributed by atoms with Gasteiger partial charge in [-0.15, -0.1) is 0 Å². The van der Waals surface area contributed by atoms with Gasteiger partial charge in [-0.1, -0.05) is 30.3 Å². The van der Waals surface area contributed by atoms with Gasteiger partial charge >= 0.3 is 6.09 Å². The molecule has 0 N–H and O–H groups in total. The molecule has 0 spiro atoms. The number of carbonyl (C=O) groups excluding carboxylic acids is 2. The van der Waals surface area contributed by atoms with Crippen molar-refractivity contribution in [3.63, 3.8) is 0 Å². The van der Waals surface area contributed by atoms with Gasteiger partial charge in [0.1, 0.15) is 6.61 Å². The summed E-state index contributed by atoms with van der Waals surface area (Å²) >= 11 is 0. The van der Waals surface area contributed by atoms with Crippen LogP contribution in [0.25, 0.3) is 0 Å². The third-order valence-corrected chi connectivity index (χ3v) is 4.59. The minimum atomic E-state index is -0.466. The second-order valence-electron chi connectivity index (χ2n) is 6.01. The van der Waals surface area contributed by atoms with Crippen molar-refractivity contribution in [2.45, 2.75) is 32.1 Å². The highest BCUT2D eigenvalue weighted by molar-refractivity contribution is 5.94. The van der Waals surface area contributed by atoms with E-state index in [4.69, 9.17) is 4.74 Å². The van der Waals surface area contributed by atoms with E-state index < -0.39 is 6.09 Å². The molecule has 1 aliphatic heterocycles. The smallest absolute Gasteiger partial charge is 0.416 e. The zero-order chi connectivity index (χ0) is 14.7. The molecule has 0 bridgehead atoms. The Balaban J connectivity index is 1.51. The van der Waals surface area contributed by atoms with Gasteiger partial charge in [0.05, 0.1) is 6.54 Å². The summed E-state index contributed by atoms with van der Waals surface area (Å²) in [5.74, 6) is 0.625. The molecule has 0 aromatic heterocycles. The van der Waals surface area contributed by atoms with E-state index in [1.807, 2.05) is 6.07 Å². The molecular formula is C17H21NO3. The first-order valence-electron chi connectivity index (χ1n) is 7.76. The van der Waals surface area contributed by atoms with Gasteiger partial charge in [-0.3, -0.25) is 4.79 Å². The molecule has 2 amide bonds. The number of hydrogen-bond donors (Lipinski definition) is 0. The highest BCUT2D eigenvalue weighted by atomic mass is 16.6. The number of amides is 2. The van der Waals surface area contributed by atoms with Gasteiger partial charge < -0.3 is 4.74 Å². The van der Waals surface area contributed by atoms with Crippen molar-refractivity contribution in [3.05, 3.63) is 35.9 Å². The van der Waals surface area contributed by atoms with E-state index in [1.54, 1.807) is 0 Å². The third kappa shape index (κ3) is 3.26. The topological polar surface area (TPSA) is 46.6 Å². The quantitative estimate of drug-likeness (QED) is 0.858. The summed E-state index contributed by atoms with van der Waals surface area (Å²) in [4.78, 5) is 25.0. The lowest BCUT2D eigenvalue weighted by Crippen LogP contribution is -2.38. The molecule has 0 radical (unpaired) electrons. The van der Waals surface area contributed by atoms with E-state index in [9.17, 15) is 9.59 Å². The molecule has 0 atom stereocenters. The molecule has 21 heavy (non-hydrogen) atoms. The molecule has 1 aromatic carbocycles. The Labute approximate surface area is 125 Å². The molecule has 4 nitrogen and oxygen atoms in total. The number of hydrogen-bond acceptors (Lipinski definition) is 3. The first-order valence-corrected chi connectivity index (χ1v) is 7.76. The van der Waals surface area contributed by atoms with Crippen LogP contribution in [0.4, 0.5) is 4.79 Å². The molecule has 0 unspecified atom stereocenters. The van der Waals surface area contributed by atoms with Gasteiger partial charge in [0.2, 0.25) is 5.91 Å². The number of nitrogens with zero attached hydrogens (tertiary/aromatic N) is 1. The molecule has 2 fully saturated rings. The fourth-order valence-electron chi connectivity index (χ4n) is 3.37. The maximum Gasteiger partial charge on any atom is 0.416 e. The zero-order valence-electron chi connectivity index (χ0n) is 12.2. The summed E-state index contributed by atoms with van der Waals surface area (Å²) in [6.07, 6.45) is 4.53. The summed E-state index contributed by atoms with van der Waals surface area (Å²) in [7, 11) is 0. The molecule has 4 heteroatoms. The molecule has 1 aromatic rings. The molecule has 1 heterocycles. The first-order chi connectivity index (χ1) is 10.2. The van der Waals surface area contributed by atoms with Gasteiger partial charge in [-0.25, -0.2) is 9.69 Å². The zero-order valence-corrected chi connectivity index (χ0v) is 12.2. The van der Waals surface area contributed by atoms with E-state index in [-0.39, 0.29) is 11.8 Å². The maximum absolute atomic E-state index is 12.3. The van der Waals surface area contributed by atoms with Gasteiger partial charge in [0.15, 0.2) is 0 Å². The summed E-state index contributed by atoms with van der Waals surface area (Å²) in [5, 5.41) is 0. The van der Waals surface area contributed by atoms with Crippen LogP contribution in [0.5, 0.6) is 0 Å². The first kappa shape index (κ1) is 14.1. The van der Waals surface area contributed by atoms with E-state index in [1.165, 1.54) is 10.5 Å². The molecule has 2 aliphatic rings. The van der Waals surface area contributed by atoms with Crippen LogP contribution >= 0.6 is 0 Å². The average Bonchev–Trinajstić information content (AvgIpc) is 2.94. The number of carbonyl (C=O) groups is 2. The van der Waals surface area contributed by atoms with Crippen LogP contribution in [-0.4, -0.2) is 30.1 Å². The molecule has 1 saturated heterocycles. The van der Waals surface area contributed by atoms with Crippen LogP contribution in [-0.2, 0) is 16.0 Å². The van der Waals surface area contributed by atoms with Crippen LogP contribution < -0.4 is 0 Å². The van der Waals surface area contributed by atoms with Gasteiger partial charge in [-0.05, 0) is 43.6 Å². The van der Waals surface area contributed by atoms with Gasteiger partial charge in [0.25, 0.3) is 0 Å². The number of cyclic esters (lactones) is 1. The van der Waals surface area contributed by atoms with Gasteiger partial charge in [0, 0.05) is 5.92 Å². The Bertz CT molecular complexity index is 506. The van der Waals surface area contributed by atoms with E-state index in [2.05, 4.69) is 24.3 Å². The van der Waals surface area contributed by atoms with Crippen molar-refractivity contribution in [1.29, 1.82) is 0 Å². The standard InChI is InChI=1S/C17H21NO3/c19-16(18-10-11-21-17(18)20)15-8-6-14(7-9-15)12-13-4-2-1-3-5-13/h1-5,14-15H,6-12H2. The van der Waals surface area contributed by atoms with E-state index in [0.717, 1.165) is 32.1 Å². The van der Waals surface area contributed by atoms with Crippen LogP contribution in [0.1, 0.15) is 31.2 Å². The monoisotopic (exact) mass is 287 g/mol. The number of ether oxygens (including phenoxy) is 1. The average molecular weight is 287 g/mol. The van der Waals surface area contributed by atoms with Crippen LogP contribution in [0.2, 0.25) is 0 Å². The number of imide groups is 1. The van der Waals surface area contributed by atoms with E-state index >= 15 is 0 Å². The van der Waals surface area contributed by atoms with Crippen molar-refractivity contribution < 1.29 is 14.3 Å². The second kappa shape index (κ2) is 6.29. The van der Waals surface area contributed by atoms with Crippen molar-refractivity contribution in [3.8, 4) is 0 Å².